The van der Waals surface area contributed by atoms with Crippen LogP contribution in [0.2, 0.25) is 5.15 Å². The Morgan fingerprint density at radius 2 is 2.11 bits per heavy atom. The molecule has 0 bridgehead atoms. The van der Waals surface area contributed by atoms with Gasteiger partial charge in [0.15, 0.2) is 10.9 Å². The number of aromatic nitrogens is 2. The highest BCUT2D eigenvalue weighted by Gasteiger charge is 2.20. The lowest BCUT2D eigenvalue weighted by molar-refractivity contribution is 0.210. The van der Waals surface area contributed by atoms with Crippen LogP contribution >= 0.6 is 11.6 Å². The Hall–Kier alpha value is -1.48. The van der Waals surface area contributed by atoms with E-state index in [1.807, 2.05) is 12.1 Å². The van der Waals surface area contributed by atoms with E-state index in [-0.39, 0.29) is 0 Å². The summed E-state index contributed by atoms with van der Waals surface area (Å²) in [4.78, 5) is 0. The highest BCUT2D eigenvalue weighted by atomic mass is 35.5. The number of rotatable bonds is 3. The van der Waals surface area contributed by atoms with E-state index in [9.17, 15) is 0 Å². The minimum absolute atomic E-state index is 0.299. The molecule has 1 saturated carbocycles. The minimum atomic E-state index is 0.299. The van der Waals surface area contributed by atoms with Crippen LogP contribution in [-0.4, -0.2) is 15.9 Å². The molecule has 100 valence electrons. The third-order valence-corrected chi connectivity index (χ3v) is 3.87. The molecule has 1 aromatic carbocycles. The fourth-order valence-electron chi connectivity index (χ4n) is 2.52. The minimum Gasteiger partial charge on any atom is -0.485 e. The standard InChI is InChI=1S/C15H17ClN2O/c1-11-5-4-6-12(9-11)18-15(16)14(10-17-18)19-13-7-2-3-8-13/h4-6,9-10,13H,2-3,7-8H2,1H3. The first kappa shape index (κ1) is 12.5. The molecule has 2 aromatic rings. The van der Waals surface area contributed by atoms with Crippen LogP contribution in [0.5, 0.6) is 5.75 Å². The lowest BCUT2D eigenvalue weighted by Gasteiger charge is -2.11. The van der Waals surface area contributed by atoms with Crippen molar-refractivity contribution in [3.8, 4) is 11.4 Å². The molecule has 0 amide bonds. The Kier molecular flexibility index (Phi) is 3.47. The number of aryl methyl sites for hydroxylation is 1. The van der Waals surface area contributed by atoms with Crippen molar-refractivity contribution in [2.45, 2.75) is 38.7 Å². The average Bonchev–Trinajstić information content (AvgIpc) is 3.01. The van der Waals surface area contributed by atoms with E-state index in [4.69, 9.17) is 16.3 Å². The normalized spacial score (nSPS) is 15.9. The van der Waals surface area contributed by atoms with Crippen LogP contribution in [0.15, 0.2) is 30.5 Å². The van der Waals surface area contributed by atoms with Gasteiger partial charge in [-0.3, -0.25) is 0 Å². The number of ether oxygens (including phenoxy) is 1. The zero-order valence-corrected chi connectivity index (χ0v) is 11.7. The second-order valence-corrected chi connectivity index (χ2v) is 5.43. The summed E-state index contributed by atoms with van der Waals surface area (Å²) in [6.07, 6.45) is 6.73. The Morgan fingerprint density at radius 1 is 1.32 bits per heavy atom. The van der Waals surface area contributed by atoms with Gasteiger partial charge in [0.05, 0.1) is 18.0 Å². The first-order valence-corrected chi connectivity index (χ1v) is 7.09. The summed E-state index contributed by atoms with van der Waals surface area (Å²) in [6.45, 7) is 2.05. The Labute approximate surface area is 118 Å². The molecular formula is C15H17ClN2O. The van der Waals surface area contributed by atoms with Crippen LogP contribution in [0.1, 0.15) is 31.2 Å². The highest BCUT2D eigenvalue weighted by molar-refractivity contribution is 6.31. The number of nitrogens with zero attached hydrogens (tertiary/aromatic N) is 2. The predicted molar refractivity (Wildman–Crippen MR) is 76.2 cm³/mol. The molecule has 1 aromatic heterocycles. The van der Waals surface area contributed by atoms with Crippen molar-refractivity contribution >= 4 is 11.6 Å². The number of benzene rings is 1. The third kappa shape index (κ3) is 2.61. The van der Waals surface area contributed by atoms with Crippen molar-refractivity contribution in [1.29, 1.82) is 0 Å². The van der Waals surface area contributed by atoms with Gasteiger partial charge in [-0.2, -0.15) is 5.10 Å². The van der Waals surface area contributed by atoms with E-state index in [0.29, 0.717) is 17.0 Å². The van der Waals surface area contributed by atoms with Gasteiger partial charge in [0.2, 0.25) is 0 Å². The fraction of sp³-hybridized carbons (Fsp3) is 0.400. The van der Waals surface area contributed by atoms with Crippen LogP contribution < -0.4 is 4.74 Å². The van der Waals surface area contributed by atoms with Crippen molar-refractivity contribution in [3.63, 3.8) is 0 Å². The van der Waals surface area contributed by atoms with Crippen molar-refractivity contribution in [3.05, 3.63) is 41.2 Å². The topological polar surface area (TPSA) is 27.1 Å². The third-order valence-electron chi connectivity index (χ3n) is 3.52. The summed E-state index contributed by atoms with van der Waals surface area (Å²) in [5.74, 6) is 0.690. The van der Waals surface area contributed by atoms with Gasteiger partial charge < -0.3 is 4.74 Å². The first-order chi connectivity index (χ1) is 9.24. The van der Waals surface area contributed by atoms with Crippen molar-refractivity contribution in [2.24, 2.45) is 0 Å². The number of halogens is 1. The summed E-state index contributed by atoms with van der Waals surface area (Å²) in [7, 11) is 0. The first-order valence-electron chi connectivity index (χ1n) is 6.71. The van der Waals surface area contributed by atoms with E-state index >= 15 is 0 Å². The SMILES string of the molecule is Cc1cccc(-n2ncc(OC3CCCC3)c2Cl)c1. The summed E-state index contributed by atoms with van der Waals surface area (Å²) in [6, 6.07) is 8.10. The maximum absolute atomic E-state index is 6.37. The molecule has 0 radical (unpaired) electrons. The van der Waals surface area contributed by atoms with Gasteiger partial charge in [0.1, 0.15) is 0 Å². The van der Waals surface area contributed by atoms with E-state index in [2.05, 4.69) is 24.2 Å². The molecule has 3 rings (SSSR count). The van der Waals surface area contributed by atoms with E-state index < -0.39 is 0 Å². The molecule has 0 aliphatic heterocycles. The summed E-state index contributed by atoms with van der Waals surface area (Å²) >= 11 is 6.37. The van der Waals surface area contributed by atoms with Gasteiger partial charge in [-0.05, 0) is 50.3 Å². The second kappa shape index (κ2) is 5.25. The van der Waals surface area contributed by atoms with Crippen LogP contribution in [-0.2, 0) is 0 Å². The molecule has 19 heavy (non-hydrogen) atoms. The lowest BCUT2D eigenvalue weighted by atomic mass is 10.2. The van der Waals surface area contributed by atoms with Gasteiger partial charge >= 0.3 is 0 Å². The second-order valence-electron chi connectivity index (χ2n) is 5.07. The molecule has 1 heterocycles. The molecule has 0 atom stereocenters. The van der Waals surface area contributed by atoms with E-state index in [0.717, 1.165) is 18.5 Å². The molecule has 0 spiro atoms. The zero-order valence-electron chi connectivity index (χ0n) is 11.0. The van der Waals surface area contributed by atoms with E-state index in [1.54, 1.807) is 10.9 Å². The average molecular weight is 277 g/mol. The molecule has 3 nitrogen and oxygen atoms in total. The fourth-order valence-corrected chi connectivity index (χ4v) is 2.76. The summed E-state index contributed by atoms with van der Waals surface area (Å²) in [5, 5.41) is 4.88. The Balaban J connectivity index is 1.85. The maximum atomic E-state index is 6.37. The molecule has 1 aliphatic carbocycles. The van der Waals surface area contributed by atoms with Gasteiger partial charge in [0, 0.05) is 0 Å². The lowest BCUT2D eigenvalue weighted by Crippen LogP contribution is -2.10. The monoisotopic (exact) mass is 276 g/mol. The van der Waals surface area contributed by atoms with Crippen LogP contribution in [0.25, 0.3) is 5.69 Å². The molecule has 1 aliphatic rings. The smallest absolute Gasteiger partial charge is 0.177 e. The molecule has 0 unspecified atom stereocenters. The molecule has 0 saturated heterocycles. The highest BCUT2D eigenvalue weighted by Crippen LogP contribution is 2.31. The van der Waals surface area contributed by atoms with Gasteiger partial charge in [-0.1, -0.05) is 23.7 Å². The van der Waals surface area contributed by atoms with Crippen LogP contribution in [0.3, 0.4) is 0 Å². The van der Waals surface area contributed by atoms with Gasteiger partial charge in [-0.15, -0.1) is 0 Å². The maximum Gasteiger partial charge on any atom is 0.177 e. The van der Waals surface area contributed by atoms with E-state index in [1.165, 1.54) is 18.4 Å². The summed E-state index contributed by atoms with van der Waals surface area (Å²) < 4.78 is 7.64. The van der Waals surface area contributed by atoms with Crippen molar-refractivity contribution in [1.82, 2.24) is 9.78 Å². The van der Waals surface area contributed by atoms with Crippen molar-refractivity contribution in [2.75, 3.05) is 0 Å². The van der Waals surface area contributed by atoms with Crippen LogP contribution in [0, 0.1) is 6.92 Å². The number of hydrogen-bond acceptors (Lipinski definition) is 2. The summed E-state index contributed by atoms with van der Waals surface area (Å²) in [5.41, 5.74) is 2.15. The quantitative estimate of drug-likeness (QED) is 0.842. The Morgan fingerprint density at radius 3 is 2.84 bits per heavy atom. The molecule has 1 fully saturated rings. The molecular weight excluding hydrogens is 260 g/mol. The zero-order chi connectivity index (χ0) is 13.2. The van der Waals surface area contributed by atoms with Crippen LogP contribution in [0.4, 0.5) is 0 Å². The van der Waals surface area contributed by atoms with Gasteiger partial charge in [0.25, 0.3) is 0 Å². The largest absolute Gasteiger partial charge is 0.485 e. The van der Waals surface area contributed by atoms with Gasteiger partial charge in [-0.25, -0.2) is 4.68 Å². The number of hydrogen-bond donors (Lipinski definition) is 0. The molecule has 4 heteroatoms. The predicted octanol–water partition coefficient (Wildman–Crippen LogP) is 4.16. The molecule has 0 N–H and O–H groups in total. The Bertz CT molecular complexity index is 573. The van der Waals surface area contributed by atoms with Crippen molar-refractivity contribution < 1.29 is 4.74 Å².